The Morgan fingerprint density at radius 2 is 2.19 bits per heavy atom. The standard InChI is InChI=1S/C11H16BrN5O3S/c1-3-13-5-8-4-9(11(12)20-8)21(18,19)15-6-10-14-7-17(2)16-10/h4,7,13,15H,3,5-6H2,1-2H3. The number of furan rings is 1. The van der Waals surface area contributed by atoms with Crippen LogP contribution in [0.25, 0.3) is 0 Å². The second-order valence-corrected chi connectivity index (χ2v) is 6.75. The molecular formula is C11H16BrN5O3S. The highest BCUT2D eigenvalue weighted by Gasteiger charge is 2.22. The second kappa shape index (κ2) is 6.69. The Kier molecular flexibility index (Phi) is 5.14. The number of sulfonamides is 1. The Morgan fingerprint density at radius 3 is 2.81 bits per heavy atom. The van der Waals surface area contributed by atoms with Gasteiger partial charge >= 0.3 is 0 Å². The van der Waals surface area contributed by atoms with E-state index in [4.69, 9.17) is 4.42 Å². The van der Waals surface area contributed by atoms with Crippen LogP contribution < -0.4 is 10.0 Å². The maximum absolute atomic E-state index is 12.2. The maximum atomic E-state index is 12.2. The van der Waals surface area contributed by atoms with E-state index in [0.29, 0.717) is 18.1 Å². The molecule has 2 aromatic heterocycles. The van der Waals surface area contributed by atoms with Crippen molar-refractivity contribution in [1.82, 2.24) is 24.8 Å². The molecule has 0 unspecified atom stereocenters. The van der Waals surface area contributed by atoms with E-state index in [1.54, 1.807) is 7.05 Å². The Balaban J connectivity index is 2.09. The number of halogens is 1. The largest absolute Gasteiger partial charge is 0.452 e. The van der Waals surface area contributed by atoms with Gasteiger partial charge in [-0.25, -0.2) is 18.1 Å². The lowest BCUT2D eigenvalue weighted by Gasteiger charge is -2.02. The van der Waals surface area contributed by atoms with Gasteiger partial charge in [-0.2, -0.15) is 5.10 Å². The number of hydrogen-bond donors (Lipinski definition) is 2. The molecule has 0 amide bonds. The summed E-state index contributed by atoms with van der Waals surface area (Å²) in [4.78, 5) is 4.02. The number of aromatic nitrogens is 3. The van der Waals surface area contributed by atoms with Crippen molar-refractivity contribution in [1.29, 1.82) is 0 Å². The van der Waals surface area contributed by atoms with Crippen molar-refractivity contribution in [2.45, 2.75) is 24.9 Å². The molecule has 0 spiro atoms. The zero-order chi connectivity index (χ0) is 15.5. The van der Waals surface area contributed by atoms with Crippen molar-refractivity contribution >= 4 is 26.0 Å². The van der Waals surface area contributed by atoms with Crippen molar-refractivity contribution in [3.63, 3.8) is 0 Å². The van der Waals surface area contributed by atoms with E-state index in [9.17, 15) is 8.42 Å². The summed E-state index contributed by atoms with van der Waals surface area (Å²) in [5, 5.41) is 7.07. The molecule has 2 heterocycles. The van der Waals surface area contributed by atoms with Crippen molar-refractivity contribution in [2.75, 3.05) is 6.54 Å². The first-order valence-electron chi connectivity index (χ1n) is 6.25. The fourth-order valence-corrected chi connectivity index (χ4v) is 3.59. The third-order valence-corrected chi connectivity index (χ3v) is 4.87. The summed E-state index contributed by atoms with van der Waals surface area (Å²) in [6.07, 6.45) is 1.51. The molecule has 116 valence electrons. The molecular weight excluding hydrogens is 362 g/mol. The number of rotatable bonds is 7. The van der Waals surface area contributed by atoms with Gasteiger partial charge in [-0.05, 0) is 22.5 Å². The van der Waals surface area contributed by atoms with Gasteiger partial charge in [0.1, 0.15) is 17.0 Å². The fourth-order valence-electron chi connectivity index (χ4n) is 1.62. The van der Waals surface area contributed by atoms with Gasteiger partial charge in [0.05, 0.1) is 13.1 Å². The topological polar surface area (TPSA) is 102 Å². The molecule has 0 fully saturated rings. The van der Waals surface area contributed by atoms with E-state index in [2.05, 4.69) is 36.1 Å². The predicted octanol–water partition coefficient (Wildman–Crippen LogP) is 0.759. The van der Waals surface area contributed by atoms with Gasteiger partial charge in [0.25, 0.3) is 0 Å². The highest BCUT2D eigenvalue weighted by molar-refractivity contribution is 9.10. The molecule has 0 radical (unpaired) electrons. The summed E-state index contributed by atoms with van der Waals surface area (Å²) < 4.78 is 34.0. The van der Waals surface area contributed by atoms with Crippen LogP contribution >= 0.6 is 15.9 Å². The molecule has 0 bridgehead atoms. The van der Waals surface area contributed by atoms with Crippen LogP contribution in [0.2, 0.25) is 0 Å². The molecule has 2 rings (SSSR count). The molecule has 0 aromatic carbocycles. The zero-order valence-electron chi connectivity index (χ0n) is 11.6. The van der Waals surface area contributed by atoms with Crippen LogP contribution in [-0.2, 0) is 30.2 Å². The van der Waals surface area contributed by atoms with Gasteiger partial charge in [-0.15, -0.1) is 0 Å². The van der Waals surface area contributed by atoms with E-state index < -0.39 is 10.0 Å². The Bertz CT molecular complexity index is 709. The average molecular weight is 378 g/mol. The molecule has 10 heteroatoms. The van der Waals surface area contributed by atoms with Gasteiger partial charge in [-0.3, -0.25) is 4.68 Å². The SMILES string of the molecule is CCNCc1cc(S(=O)(=O)NCc2ncn(C)n2)c(Br)o1. The minimum Gasteiger partial charge on any atom is -0.452 e. The summed E-state index contributed by atoms with van der Waals surface area (Å²) in [5.74, 6) is 0.939. The Morgan fingerprint density at radius 1 is 1.43 bits per heavy atom. The smallest absolute Gasteiger partial charge is 0.245 e. The predicted molar refractivity (Wildman–Crippen MR) is 78.8 cm³/mol. The molecule has 0 saturated heterocycles. The minimum atomic E-state index is -3.69. The molecule has 2 N–H and O–H groups in total. The first-order chi connectivity index (χ1) is 9.92. The summed E-state index contributed by atoms with van der Waals surface area (Å²) in [6.45, 7) is 3.21. The second-order valence-electron chi connectivity index (χ2n) is 4.29. The lowest BCUT2D eigenvalue weighted by atomic mass is 10.4. The van der Waals surface area contributed by atoms with Crippen molar-refractivity contribution in [3.8, 4) is 0 Å². The highest BCUT2D eigenvalue weighted by Crippen LogP contribution is 2.26. The van der Waals surface area contributed by atoms with E-state index in [-0.39, 0.29) is 16.1 Å². The van der Waals surface area contributed by atoms with Crippen LogP contribution in [0.4, 0.5) is 0 Å². The van der Waals surface area contributed by atoms with Crippen LogP contribution in [-0.4, -0.2) is 29.7 Å². The third kappa shape index (κ3) is 4.13. The van der Waals surface area contributed by atoms with Gasteiger partial charge in [0.2, 0.25) is 10.0 Å². The van der Waals surface area contributed by atoms with E-state index >= 15 is 0 Å². The lowest BCUT2D eigenvalue weighted by molar-refractivity contribution is 0.464. The maximum Gasteiger partial charge on any atom is 0.245 e. The molecule has 8 nitrogen and oxygen atoms in total. The number of nitrogens with one attached hydrogen (secondary N) is 2. The van der Waals surface area contributed by atoms with E-state index in [0.717, 1.165) is 6.54 Å². The van der Waals surface area contributed by atoms with Gasteiger partial charge < -0.3 is 9.73 Å². The van der Waals surface area contributed by atoms with E-state index in [1.165, 1.54) is 17.1 Å². The van der Waals surface area contributed by atoms with Gasteiger partial charge in [0, 0.05) is 13.1 Å². The van der Waals surface area contributed by atoms with Crippen LogP contribution in [0.5, 0.6) is 0 Å². The van der Waals surface area contributed by atoms with Crippen molar-refractivity contribution in [3.05, 3.63) is 28.6 Å². The molecule has 21 heavy (non-hydrogen) atoms. The third-order valence-electron chi connectivity index (χ3n) is 2.61. The Labute approximate surface area is 131 Å². The molecule has 0 aliphatic heterocycles. The fraction of sp³-hybridized carbons (Fsp3) is 0.455. The van der Waals surface area contributed by atoms with Crippen molar-refractivity contribution in [2.24, 2.45) is 7.05 Å². The van der Waals surface area contributed by atoms with Crippen LogP contribution in [0.1, 0.15) is 18.5 Å². The average Bonchev–Trinajstić information content (AvgIpc) is 3.00. The monoisotopic (exact) mass is 377 g/mol. The minimum absolute atomic E-state index is 0.0172. The van der Waals surface area contributed by atoms with Crippen LogP contribution in [0, 0.1) is 0 Å². The molecule has 0 aliphatic rings. The molecule has 0 atom stereocenters. The van der Waals surface area contributed by atoms with E-state index in [1.807, 2.05) is 6.92 Å². The van der Waals surface area contributed by atoms with Gasteiger partial charge in [-0.1, -0.05) is 6.92 Å². The summed E-state index contributed by atoms with van der Waals surface area (Å²) in [6, 6.07) is 1.49. The number of hydrogen-bond acceptors (Lipinski definition) is 6. The number of aryl methyl sites for hydroxylation is 1. The lowest BCUT2D eigenvalue weighted by Crippen LogP contribution is -2.24. The first kappa shape index (κ1) is 16.1. The van der Waals surface area contributed by atoms with Crippen LogP contribution in [0.3, 0.4) is 0 Å². The first-order valence-corrected chi connectivity index (χ1v) is 8.53. The molecule has 2 aromatic rings. The molecule has 0 saturated carbocycles. The molecule has 0 aliphatic carbocycles. The van der Waals surface area contributed by atoms with Crippen molar-refractivity contribution < 1.29 is 12.8 Å². The number of nitrogens with zero attached hydrogens (tertiary/aromatic N) is 3. The highest BCUT2D eigenvalue weighted by atomic mass is 79.9. The quantitative estimate of drug-likeness (QED) is 0.738. The Hall–Kier alpha value is -1.23. The zero-order valence-corrected chi connectivity index (χ0v) is 14.0. The van der Waals surface area contributed by atoms with Crippen LogP contribution in [0.15, 0.2) is 26.4 Å². The van der Waals surface area contributed by atoms with Gasteiger partial charge in [0.15, 0.2) is 10.5 Å². The summed E-state index contributed by atoms with van der Waals surface area (Å²) in [7, 11) is -1.98. The summed E-state index contributed by atoms with van der Waals surface area (Å²) >= 11 is 3.13. The normalized spacial score (nSPS) is 12.0. The summed E-state index contributed by atoms with van der Waals surface area (Å²) in [5.41, 5.74) is 0.